The van der Waals surface area contributed by atoms with Crippen molar-refractivity contribution in [2.24, 2.45) is 0 Å². The van der Waals surface area contributed by atoms with Crippen LogP contribution < -0.4 is 0 Å². The summed E-state index contributed by atoms with van der Waals surface area (Å²) in [6.45, 7) is 0. The minimum absolute atomic E-state index is 1.01. The van der Waals surface area contributed by atoms with Gasteiger partial charge >= 0.3 is 0 Å². The van der Waals surface area contributed by atoms with Gasteiger partial charge in [-0.15, -0.1) is 11.3 Å². The molecule has 42 valence electrons. The second-order valence-electron chi connectivity index (χ2n) is 1.72. The van der Waals surface area contributed by atoms with Crippen molar-refractivity contribution in [2.75, 3.05) is 0 Å². The van der Waals surface area contributed by atoms with Crippen molar-refractivity contribution in [1.82, 2.24) is 4.98 Å². The van der Waals surface area contributed by atoms with E-state index in [-0.39, 0.29) is 0 Å². The van der Waals surface area contributed by atoms with Crippen molar-refractivity contribution < 1.29 is 0 Å². The van der Waals surface area contributed by atoms with Crippen molar-refractivity contribution in [3.8, 4) is 0 Å². The summed E-state index contributed by atoms with van der Waals surface area (Å²) in [6.07, 6.45) is 2.65. The molecule has 0 saturated heterocycles. The second kappa shape index (κ2) is 1.81. The van der Waals surface area contributed by atoms with E-state index >= 15 is 0 Å². The average Bonchev–Trinajstić information content (AvgIpc) is 2.33. The summed E-state index contributed by atoms with van der Waals surface area (Å²) in [5, 5.41) is 5.20. The standard InChI is InChI=1S/C7H3NS/c1-2-6-4-9-5-7(6)8-3-1/h2,4-5H. The van der Waals surface area contributed by atoms with Gasteiger partial charge in [-0.3, -0.25) is 0 Å². The fourth-order valence-electron chi connectivity index (χ4n) is 0.702. The van der Waals surface area contributed by atoms with Gasteiger partial charge in [-0.05, 0) is 6.07 Å². The van der Waals surface area contributed by atoms with Crippen LogP contribution in [0.3, 0.4) is 0 Å². The lowest BCUT2D eigenvalue weighted by atomic mass is 10.3. The van der Waals surface area contributed by atoms with Crippen LogP contribution in [0.4, 0.5) is 0 Å². The molecule has 0 amide bonds. The van der Waals surface area contributed by atoms with E-state index in [0.717, 1.165) is 10.9 Å². The summed E-state index contributed by atoms with van der Waals surface area (Å²) >= 11 is 1.65. The highest BCUT2D eigenvalue weighted by atomic mass is 32.1. The molecule has 0 aromatic carbocycles. The number of rotatable bonds is 0. The topological polar surface area (TPSA) is 12.9 Å². The third kappa shape index (κ3) is 0.715. The Bertz CT molecular complexity index is 283. The third-order valence-corrected chi connectivity index (χ3v) is 1.89. The molecule has 0 aliphatic heterocycles. The van der Waals surface area contributed by atoms with Crippen molar-refractivity contribution in [3.05, 3.63) is 29.1 Å². The number of aromatic nitrogens is 1. The van der Waals surface area contributed by atoms with Crippen molar-refractivity contribution in [1.29, 1.82) is 0 Å². The quantitative estimate of drug-likeness (QED) is 0.534. The Morgan fingerprint density at radius 1 is 1.44 bits per heavy atom. The molecule has 0 bridgehead atoms. The molecule has 0 spiro atoms. The first-order valence-corrected chi connectivity index (χ1v) is 3.52. The summed E-state index contributed by atoms with van der Waals surface area (Å²) in [4.78, 5) is 3.97. The molecule has 2 heterocycles. The van der Waals surface area contributed by atoms with Gasteiger partial charge in [-0.2, -0.15) is 0 Å². The molecule has 0 atom stereocenters. The van der Waals surface area contributed by atoms with E-state index in [2.05, 4.69) is 17.2 Å². The lowest BCUT2D eigenvalue weighted by Crippen LogP contribution is -1.68. The Kier molecular flexibility index (Phi) is 0.993. The van der Waals surface area contributed by atoms with Crippen LogP contribution >= 0.6 is 11.3 Å². The fourth-order valence-corrected chi connectivity index (χ4v) is 1.42. The summed E-state index contributed by atoms with van der Waals surface area (Å²) < 4.78 is 0. The van der Waals surface area contributed by atoms with Gasteiger partial charge in [0.05, 0.1) is 11.7 Å². The Labute approximate surface area is 57.0 Å². The number of hydrogen-bond donors (Lipinski definition) is 0. The minimum atomic E-state index is 1.01. The van der Waals surface area contributed by atoms with Gasteiger partial charge in [0, 0.05) is 22.2 Å². The maximum Gasteiger partial charge on any atom is 0.0980 e. The Balaban J connectivity index is 2.95. The molecule has 0 unspecified atom stereocenters. The summed E-state index contributed by atoms with van der Waals surface area (Å²) in [6, 6.07) is 4.68. The molecule has 0 fully saturated rings. The van der Waals surface area contributed by atoms with E-state index in [0.29, 0.717) is 0 Å². The molecule has 0 aliphatic rings. The summed E-state index contributed by atoms with van der Waals surface area (Å²) in [5.41, 5.74) is 1.01. The van der Waals surface area contributed by atoms with Crippen LogP contribution in [0.5, 0.6) is 0 Å². The molecule has 1 nitrogen and oxygen atoms in total. The largest absolute Gasteiger partial charge is 0.245 e. The molecule has 2 aromatic heterocycles. The second-order valence-corrected chi connectivity index (χ2v) is 2.47. The van der Waals surface area contributed by atoms with Crippen LogP contribution in [-0.2, 0) is 0 Å². The van der Waals surface area contributed by atoms with Crippen molar-refractivity contribution >= 4 is 22.2 Å². The molecule has 9 heavy (non-hydrogen) atoms. The van der Waals surface area contributed by atoms with Crippen LogP contribution in [0.1, 0.15) is 0 Å². The van der Waals surface area contributed by atoms with Gasteiger partial charge in [0.15, 0.2) is 0 Å². The van der Waals surface area contributed by atoms with Gasteiger partial charge in [0.25, 0.3) is 0 Å². The number of thiophene rings is 1. The van der Waals surface area contributed by atoms with E-state index in [1.165, 1.54) is 0 Å². The van der Waals surface area contributed by atoms with E-state index in [4.69, 9.17) is 0 Å². The number of hydrogen-bond acceptors (Lipinski definition) is 2. The predicted molar refractivity (Wildman–Crippen MR) is 37.3 cm³/mol. The van der Waals surface area contributed by atoms with Crippen LogP contribution in [0.15, 0.2) is 16.8 Å². The van der Waals surface area contributed by atoms with Crippen molar-refractivity contribution in [3.63, 3.8) is 0 Å². The van der Waals surface area contributed by atoms with E-state index in [1.807, 2.05) is 16.8 Å². The lowest BCUT2D eigenvalue weighted by molar-refractivity contribution is 1.40. The molecule has 0 N–H and O–H groups in total. The minimum Gasteiger partial charge on any atom is -0.245 e. The zero-order chi connectivity index (χ0) is 6.10. The highest BCUT2D eigenvalue weighted by molar-refractivity contribution is 7.09. The van der Waals surface area contributed by atoms with E-state index in [9.17, 15) is 0 Å². The highest BCUT2D eigenvalue weighted by Gasteiger charge is 1.90. The van der Waals surface area contributed by atoms with Crippen LogP contribution in [0, 0.1) is 12.3 Å². The zero-order valence-corrected chi connectivity index (χ0v) is 5.40. The zero-order valence-electron chi connectivity index (χ0n) is 4.59. The highest BCUT2D eigenvalue weighted by Crippen LogP contribution is 2.14. The van der Waals surface area contributed by atoms with Gasteiger partial charge < -0.3 is 0 Å². The monoisotopic (exact) mass is 133 g/mol. The molecular weight excluding hydrogens is 130 g/mol. The molecular formula is C7H3NS. The number of fused-ring (bicyclic) bond motifs is 1. The van der Waals surface area contributed by atoms with Crippen LogP contribution in [0.25, 0.3) is 10.9 Å². The third-order valence-electron chi connectivity index (χ3n) is 1.14. The summed E-state index contributed by atoms with van der Waals surface area (Å²) in [7, 11) is 0. The smallest absolute Gasteiger partial charge is 0.0980 e. The first-order chi connectivity index (χ1) is 4.47. The number of pyridine rings is 1. The molecule has 2 rings (SSSR count). The summed E-state index contributed by atoms with van der Waals surface area (Å²) in [5.74, 6) is 0. The Morgan fingerprint density at radius 3 is 3.33 bits per heavy atom. The maximum atomic E-state index is 3.97. The van der Waals surface area contributed by atoms with E-state index in [1.54, 1.807) is 11.3 Å². The Morgan fingerprint density at radius 2 is 2.44 bits per heavy atom. The van der Waals surface area contributed by atoms with Crippen molar-refractivity contribution in [2.45, 2.75) is 0 Å². The first kappa shape index (κ1) is 4.94. The molecule has 0 aliphatic carbocycles. The van der Waals surface area contributed by atoms with Crippen LogP contribution in [0.2, 0.25) is 0 Å². The Hall–Kier alpha value is -0.890. The maximum absolute atomic E-state index is 3.97. The van der Waals surface area contributed by atoms with Gasteiger partial charge in [0.1, 0.15) is 0 Å². The lowest BCUT2D eigenvalue weighted by Gasteiger charge is -1.80. The predicted octanol–water partition coefficient (Wildman–Crippen LogP) is 1.90. The molecule has 2 radical (unpaired) electrons. The number of nitrogens with zero attached hydrogens (tertiary/aromatic N) is 1. The van der Waals surface area contributed by atoms with Gasteiger partial charge in [-0.1, -0.05) is 0 Å². The van der Waals surface area contributed by atoms with Crippen LogP contribution in [-0.4, -0.2) is 4.98 Å². The average molecular weight is 133 g/mol. The fraction of sp³-hybridized carbons (Fsp3) is 0. The first-order valence-electron chi connectivity index (χ1n) is 2.57. The normalized spacial score (nSPS) is 10.2. The SMILES string of the molecule is [c]1[c]nc2cscc2c1. The van der Waals surface area contributed by atoms with Gasteiger partial charge in [-0.25, -0.2) is 4.98 Å². The van der Waals surface area contributed by atoms with E-state index < -0.39 is 0 Å². The molecule has 0 saturated carbocycles. The molecule has 2 heteroatoms. The molecule has 2 aromatic rings. The van der Waals surface area contributed by atoms with Gasteiger partial charge in [0.2, 0.25) is 0 Å².